The maximum atomic E-state index is 12.7. The number of carbonyl (C=O) groups excluding carboxylic acids is 1. The van der Waals surface area contributed by atoms with Crippen LogP contribution in [0.4, 0.5) is 30.5 Å². The minimum absolute atomic E-state index is 0.0116. The van der Waals surface area contributed by atoms with Gasteiger partial charge in [-0.2, -0.15) is 13.2 Å². The van der Waals surface area contributed by atoms with Crippen molar-refractivity contribution in [2.75, 3.05) is 29.9 Å². The minimum Gasteiger partial charge on any atom is -0.347 e. The van der Waals surface area contributed by atoms with Crippen LogP contribution in [-0.4, -0.2) is 46.5 Å². The number of hydrogen-bond donors (Lipinski definition) is 1. The average Bonchev–Trinajstić information content (AvgIpc) is 2.67. The molecular formula is C19H20F3N5O. The number of nitrogens with one attached hydrogen (secondary N) is 1. The van der Waals surface area contributed by atoms with E-state index >= 15 is 0 Å². The van der Waals surface area contributed by atoms with Gasteiger partial charge < -0.3 is 15.1 Å². The Bertz CT molecular complexity index is 853. The Morgan fingerprint density at radius 3 is 2.50 bits per heavy atom. The van der Waals surface area contributed by atoms with Crippen molar-refractivity contribution in [1.29, 1.82) is 0 Å². The zero-order chi connectivity index (χ0) is 20.3. The molecule has 2 aromatic rings. The van der Waals surface area contributed by atoms with E-state index in [1.165, 1.54) is 24.4 Å². The van der Waals surface area contributed by atoms with Crippen LogP contribution in [0.1, 0.15) is 12.5 Å². The molecule has 1 atom stereocenters. The van der Waals surface area contributed by atoms with E-state index in [-0.39, 0.29) is 11.9 Å². The summed E-state index contributed by atoms with van der Waals surface area (Å²) in [5.74, 6) is 0.909. The molecule has 9 heteroatoms. The van der Waals surface area contributed by atoms with Gasteiger partial charge in [-0.1, -0.05) is 6.58 Å². The number of benzene rings is 1. The topological polar surface area (TPSA) is 61.4 Å². The largest absolute Gasteiger partial charge is 0.416 e. The highest BCUT2D eigenvalue weighted by Crippen LogP contribution is 2.31. The highest BCUT2D eigenvalue weighted by Gasteiger charge is 2.30. The molecule has 0 saturated carbocycles. The molecule has 1 N–H and O–H groups in total. The van der Waals surface area contributed by atoms with Crippen LogP contribution in [-0.2, 0) is 11.0 Å². The van der Waals surface area contributed by atoms with Gasteiger partial charge in [-0.05, 0) is 37.3 Å². The number of amides is 1. The molecule has 1 fully saturated rings. The maximum Gasteiger partial charge on any atom is 0.416 e. The van der Waals surface area contributed by atoms with Gasteiger partial charge in [0.25, 0.3) is 0 Å². The fraction of sp³-hybridized carbons (Fsp3) is 0.316. The van der Waals surface area contributed by atoms with Crippen LogP contribution in [0.2, 0.25) is 0 Å². The van der Waals surface area contributed by atoms with Gasteiger partial charge in [0.1, 0.15) is 0 Å². The predicted molar refractivity (Wildman–Crippen MR) is 100 cm³/mol. The first-order chi connectivity index (χ1) is 13.3. The summed E-state index contributed by atoms with van der Waals surface area (Å²) in [7, 11) is 0. The predicted octanol–water partition coefficient (Wildman–Crippen LogP) is 3.46. The van der Waals surface area contributed by atoms with E-state index in [1.807, 2.05) is 11.8 Å². The quantitative estimate of drug-likeness (QED) is 0.809. The number of hydrogen-bond acceptors (Lipinski definition) is 5. The molecular weight excluding hydrogens is 371 g/mol. The van der Waals surface area contributed by atoms with Crippen LogP contribution in [0.25, 0.3) is 0 Å². The second-order valence-corrected chi connectivity index (χ2v) is 6.46. The van der Waals surface area contributed by atoms with Crippen LogP contribution in [0, 0.1) is 0 Å². The van der Waals surface area contributed by atoms with E-state index in [1.54, 1.807) is 11.1 Å². The van der Waals surface area contributed by atoms with Crippen molar-refractivity contribution in [3.05, 3.63) is 54.9 Å². The molecule has 28 heavy (non-hydrogen) atoms. The average molecular weight is 391 g/mol. The SMILES string of the molecule is C=CC(=O)N1CCN(c2nccnc2Nc2ccc(C(F)(F)F)cc2)C(C)C1. The number of rotatable bonds is 4. The Balaban J connectivity index is 1.78. The first-order valence-corrected chi connectivity index (χ1v) is 8.73. The van der Waals surface area contributed by atoms with Gasteiger partial charge in [0.15, 0.2) is 11.6 Å². The number of piperazine rings is 1. The molecule has 1 aliphatic rings. The van der Waals surface area contributed by atoms with E-state index in [2.05, 4.69) is 21.9 Å². The lowest BCUT2D eigenvalue weighted by Crippen LogP contribution is -2.53. The molecule has 148 valence electrons. The fourth-order valence-corrected chi connectivity index (χ4v) is 3.11. The lowest BCUT2D eigenvalue weighted by molar-refractivity contribution is -0.137. The molecule has 1 amide bonds. The summed E-state index contributed by atoms with van der Waals surface area (Å²) >= 11 is 0. The Morgan fingerprint density at radius 1 is 1.21 bits per heavy atom. The molecule has 0 radical (unpaired) electrons. The third-order valence-electron chi connectivity index (χ3n) is 4.54. The van der Waals surface area contributed by atoms with Gasteiger partial charge >= 0.3 is 6.18 Å². The van der Waals surface area contributed by atoms with Crippen molar-refractivity contribution in [2.45, 2.75) is 19.1 Å². The molecule has 0 aliphatic carbocycles. The minimum atomic E-state index is -4.38. The monoisotopic (exact) mass is 391 g/mol. The van der Waals surface area contributed by atoms with Gasteiger partial charge in [0.2, 0.25) is 5.91 Å². The van der Waals surface area contributed by atoms with Crippen LogP contribution in [0.15, 0.2) is 49.3 Å². The molecule has 1 aromatic carbocycles. The summed E-state index contributed by atoms with van der Waals surface area (Å²) in [4.78, 5) is 24.3. The van der Waals surface area contributed by atoms with Crippen molar-refractivity contribution in [1.82, 2.24) is 14.9 Å². The normalized spacial score (nSPS) is 17.4. The van der Waals surface area contributed by atoms with Gasteiger partial charge in [0.05, 0.1) is 5.56 Å². The Hall–Kier alpha value is -3.10. The number of alkyl halides is 3. The Morgan fingerprint density at radius 2 is 1.89 bits per heavy atom. The maximum absolute atomic E-state index is 12.7. The zero-order valence-electron chi connectivity index (χ0n) is 15.3. The van der Waals surface area contributed by atoms with Crippen molar-refractivity contribution in [3.8, 4) is 0 Å². The van der Waals surface area contributed by atoms with Crippen molar-refractivity contribution < 1.29 is 18.0 Å². The number of anilines is 3. The summed E-state index contributed by atoms with van der Waals surface area (Å²) in [6, 6.07) is 4.72. The third-order valence-corrected chi connectivity index (χ3v) is 4.54. The highest BCUT2D eigenvalue weighted by molar-refractivity contribution is 5.87. The van der Waals surface area contributed by atoms with E-state index in [0.717, 1.165) is 12.1 Å². The molecule has 6 nitrogen and oxygen atoms in total. The Labute approximate surface area is 160 Å². The number of nitrogens with zero attached hydrogens (tertiary/aromatic N) is 4. The Kier molecular flexibility index (Phi) is 5.53. The summed E-state index contributed by atoms with van der Waals surface area (Å²) in [6.07, 6.45) is -0.0180. The van der Waals surface area contributed by atoms with Crippen molar-refractivity contribution >= 4 is 23.2 Å². The van der Waals surface area contributed by atoms with E-state index in [9.17, 15) is 18.0 Å². The molecule has 1 saturated heterocycles. The van der Waals surface area contributed by atoms with Crippen molar-refractivity contribution in [3.63, 3.8) is 0 Å². The molecule has 0 bridgehead atoms. The highest BCUT2D eigenvalue weighted by atomic mass is 19.4. The van der Waals surface area contributed by atoms with Gasteiger partial charge in [-0.15, -0.1) is 0 Å². The standard InChI is InChI=1S/C19H20F3N5O/c1-3-16(28)26-10-11-27(13(2)12-26)18-17(23-8-9-24-18)25-15-6-4-14(5-7-15)19(20,21)22/h3-9,13H,1,10-12H2,2H3,(H,23,25). The third kappa shape index (κ3) is 4.24. The fourth-order valence-electron chi connectivity index (χ4n) is 3.11. The molecule has 3 rings (SSSR count). The molecule has 1 aliphatic heterocycles. The summed E-state index contributed by atoms with van der Waals surface area (Å²) in [5, 5.41) is 3.03. The van der Waals surface area contributed by atoms with Gasteiger partial charge in [-0.3, -0.25) is 4.79 Å². The number of carbonyl (C=O) groups is 1. The lowest BCUT2D eigenvalue weighted by Gasteiger charge is -2.40. The molecule has 1 unspecified atom stereocenters. The van der Waals surface area contributed by atoms with E-state index < -0.39 is 11.7 Å². The summed E-state index contributed by atoms with van der Waals surface area (Å²) < 4.78 is 38.2. The van der Waals surface area contributed by atoms with E-state index in [4.69, 9.17) is 0 Å². The lowest BCUT2D eigenvalue weighted by atomic mass is 10.2. The van der Waals surface area contributed by atoms with Gasteiger partial charge in [-0.25, -0.2) is 9.97 Å². The first kappa shape index (κ1) is 19.7. The van der Waals surface area contributed by atoms with Crippen molar-refractivity contribution in [2.24, 2.45) is 0 Å². The van der Waals surface area contributed by atoms with Crippen LogP contribution in [0.5, 0.6) is 0 Å². The van der Waals surface area contributed by atoms with Crippen LogP contribution < -0.4 is 10.2 Å². The molecule has 0 spiro atoms. The smallest absolute Gasteiger partial charge is 0.347 e. The zero-order valence-corrected chi connectivity index (χ0v) is 15.3. The second-order valence-electron chi connectivity index (χ2n) is 6.46. The first-order valence-electron chi connectivity index (χ1n) is 8.73. The summed E-state index contributed by atoms with van der Waals surface area (Å²) in [6.45, 7) is 7.08. The number of halogens is 3. The molecule has 2 heterocycles. The van der Waals surface area contributed by atoms with Crippen LogP contribution in [0.3, 0.4) is 0 Å². The van der Waals surface area contributed by atoms with E-state index in [0.29, 0.717) is 37.0 Å². The summed E-state index contributed by atoms with van der Waals surface area (Å²) in [5.41, 5.74) is -0.239. The second kappa shape index (κ2) is 7.87. The van der Waals surface area contributed by atoms with Gasteiger partial charge in [0, 0.05) is 43.8 Å². The van der Waals surface area contributed by atoms with Crippen LogP contribution >= 0.6 is 0 Å². The number of aromatic nitrogens is 2. The molecule has 1 aromatic heterocycles.